The summed E-state index contributed by atoms with van der Waals surface area (Å²) in [6.45, 7) is 1.92. The molecule has 0 heterocycles. The third-order valence-electron chi connectivity index (χ3n) is 3.09. The van der Waals surface area contributed by atoms with Gasteiger partial charge in [-0.2, -0.15) is 5.10 Å². The van der Waals surface area contributed by atoms with Crippen molar-refractivity contribution >= 4 is 28.1 Å². The van der Waals surface area contributed by atoms with E-state index in [2.05, 4.69) is 33.4 Å². The Labute approximate surface area is 143 Å². The van der Waals surface area contributed by atoms with Crippen LogP contribution in [0.25, 0.3) is 0 Å². The van der Waals surface area contributed by atoms with Crippen LogP contribution in [0.5, 0.6) is 11.5 Å². The number of nitrogens with zero attached hydrogens (tertiary/aromatic N) is 1. The van der Waals surface area contributed by atoms with Crippen molar-refractivity contribution in [3.05, 3.63) is 58.1 Å². The SMILES string of the molecule is CCc1ccc(OCC(=O)NN=Cc2ccccc2O)c(Br)c1. The minimum atomic E-state index is -0.386. The molecule has 2 N–H and O–H groups in total. The molecule has 0 saturated carbocycles. The van der Waals surface area contributed by atoms with Gasteiger partial charge in [-0.25, -0.2) is 5.43 Å². The molecule has 120 valence electrons. The molecule has 0 aliphatic carbocycles. The molecule has 0 radical (unpaired) electrons. The second kappa shape index (κ2) is 8.33. The monoisotopic (exact) mass is 376 g/mol. The number of para-hydroxylation sites is 1. The van der Waals surface area contributed by atoms with E-state index in [0.717, 1.165) is 10.9 Å². The van der Waals surface area contributed by atoms with Gasteiger partial charge in [0.1, 0.15) is 11.5 Å². The molecule has 2 aromatic rings. The number of phenolic OH excluding ortho intramolecular Hbond substituents is 1. The second-order valence-electron chi connectivity index (χ2n) is 4.76. The van der Waals surface area contributed by atoms with Crippen LogP contribution in [0.4, 0.5) is 0 Å². The number of aromatic hydroxyl groups is 1. The number of nitrogens with one attached hydrogen (secondary N) is 1. The molecule has 2 rings (SSSR count). The minimum Gasteiger partial charge on any atom is -0.507 e. The summed E-state index contributed by atoms with van der Waals surface area (Å²) in [5, 5.41) is 13.4. The van der Waals surface area contributed by atoms with Crippen molar-refractivity contribution in [1.82, 2.24) is 5.43 Å². The Kier molecular flexibility index (Phi) is 6.17. The third-order valence-corrected chi connectivity index (χ3v) is 3.71. The first-order chi connectivity index (χ1) is 11.1. The van der Waals surface area contributed by atoms with Crippen LogP contribution >= 0.6 is 15.9 Å². The molecule has 2 aromatic carbocycles. The third kappa shape index (κ3) is 5.10. The van der Waals surface area contributed by atoms with Crippen LogP contribution in [0.15, 0.2) is 52.0 Å². The van der Waals surface area contributed by atoms with E-state index in [1.54, 1.807) is 24.3 Å². The van der Waals surface area contributed by atoms with Crippen LogP contribution < -0.4 is 10.2 Å². The van der Waals surface area contributed by atoms with Crippen molar-refractivity contribution in [3.8, 4) is 11.5 Å². The van der Waals surface area contributed by atoms with Gasteiger partial charge in [-0.15, -0.1) is 0 Å². The largest absolute Gasteiger partial charge is 0.507 e. The lowest BCUT2D eigenvalue weighted by atomic mass is 10.2. The number of rotatable bonds is 6. The van der Waals surface area contributed by atoms with Crippen molar-refractivity contribution in [2.24, 2.45) is 5.10 Å². The van der Waals surface area contributed by atoms with Gasteiger partial charge in [0.05, 0.1) is 10.7 Å². The number of carbonyl (C=O) groups excluding carboxylic acids is 1. The standard InChI is InChI=1S/C17H17BrN2O3/c1-2-12-7-8-16(14(18)9-12)23-11-17(22)20-19-10-13-5-3-4-6-15(13)21/h3-10,21H,2,11H2,1H3,(H,20,22). The summed E-state index contributed by atoms with van der Waals surface area (Å²) in [5.41, 5.74) is 4.05. The maximum absolute atomic E-state index is 11.7. The fraction of sp³-hybridized carbons (Fsp3) is 0.176. The number of hydrogen-bond acceptors (Lipinski definition) is 4. The number of amides is 1. The van der Waals surface area contributed by atoms with Crippen molar-refractivity contribution in [3.63, 3.8) is 0 Å². The van der Waals surface area contributed by atoms with Gasteiger partial charge >= 0.3 is 0 Å². The Bertz CT molecular complexity index is 717. The van der Waals surface area contributed by atoms with Crippen LogP contribution in [0.2, 0.25) is 0 Å². The predicted octanol–water partition coefficient (Wildman–Crippen LogP) is 3.25. The van der Waals surface area contributed by atoms with Gasteiger partial charge in [-0.3, -0.25) is 4.79 Å². The first-order valence-electron chi connectivity index (χ1n) is 7.11. The predicted molar refractivity (Wildman–Crippen MR) is 92.9 cm³/mol. The summed E-state index contributed by atoms with van der Waals surface area (Å²) in [7, 11) is 0. The van der Waals surface area contributed by atoms with Crippen molar-refractivity contribution in [2.45, 2.75) is 13.3 Å². The minimum absolute atomic E-state index is 0.0988. The van der Waals surface area contributed by atoms with Crippen LogP contribution in [0.3, 0.4) is 0 Å². The number of aryl methyl sites for hydroxylation is 1. The number of carbonyl (C=O) groups is 1. The zero-order chi connectivity index (χ0) is 16.7. The summed E-state index contributed by atoms with van der Waals surface area (Å²) >= 11 is 3.42. The average Bonchev–Trinajstić information content (AvgIpc) is 2.55. The fourth-order valence-corrected chi connectivity index (χ4v) is 2.37. The number of ether oxygens (including phenoxy) is 1. The van der Waals surface area contributed by atoms with Crippen molar-refractivity contribution in [1.29, 1.82) is 0 Å². The smallest absolute Gasteiger partial charge is 0.277 e. The number of hydrazone groups is 1. The maximum Gasteiger partial charge on any atom is 0.277 e. The lowest BCUT2D eigenvalue weighted by Gasteiger charge is -2.08. The van der Waals surface area contributed by atoms with Gasteiger partial charge in [-0.1, -0.05) is 25.1 Å². The highest BCUT2D eigenvalue weighted by molar-refractivity contribution is 9.10. The number of halogens is 1. The van der Waals surface area contributed by atoms with Gasteiger partial charge < -0.3 is 9.84 Å². The lowest BCUT2D eigenvalue weighted by Crippen LogP contribution is -2.24. The van der Waals surface area contributed by atoms with E-state index in [0.29, 0.717) is 11.3 Å². The maximum atomic E-state index is 11.7. The Morgan fingerprint density at radius 3 is 2.83 bits per heavy atom. The van der Waals surface area contributed by atoms with Gasteiger partial charge in [0.2, 0.25) is 0 Å². The van der Waals surface area contributed by atoms with Gasteiger partial charge in [0.15, 0.2) is 6.61 Å². The molecule has 0 spiro atoms. The molecular weight excluding hydrogens is 360 g/mol. The number of phenols is 1. The Morgan fingerprint density at radius 2 is 2.13 bits per heavy atom. The normalized spacial score (nSPS) is 10.7. The highest BCUT2D eigenvalue weighted by Gasteiger charge is 2.05. The fourth-order valence-electron chi connectivity index (χ4n) is 1.83. The van der Waals surface area contributed by atoms with E-state index >= 15 is 0 Å². The van der Waals surface area contributed by atoms with E-state index in [-0.39, 0.29) is 18.3 Å². The number of benzene rings is 2. The summed E-state index contributed by atoms with van der Waals surface area (Å²) in [5.74, 6) is 0.312. The van der Waals surface area contributed by atoms with Crippen LogP contribution in [-0.2, 0) is 11.2 Å². The quantitative estimate of drug-likeness (QED) is 0.600. The lowest BCUT2D eigenvalue weighted by molar-refractivity contribution is -0.123. The molecule has 0 saturated heterocycles. The van der Waals surface area contributed by atoms with Crippen molar-refractivity contribution < 1.29 is 14.6 Å². The van der Waals surface area contributed by atoms with E-state index < -0.39 is 0 Å². The van der Waals surface area contributed by atoms with Gasteiger partial charge in [0, 0.05) is 5.56 Å². The van der Waals surface area contributed by atoms with E-state index in [4.69, 9.17) is 4.74 Å². The molecule has 0 aliphatic rings. The van der Waals surface area contributed by atoms with Crippen molar-refractivity contribution in [2.75, 3.05) is 6.61 Å². The van der Waals surface area contributed by atoms with Gasteiger partial charge in [-0.05, 0) is 52.2 Å². The highest BCUT2D eigenvalue weighted by Crippen LogP contribution is 2.26. The zero-order valence-electron chi connectivity index (χ0n) is 12.6. The Hall–Kier alpha value is -2.34. The molecule has 1 amide bonds. The molecule has 0 aromatic heterocycles. The van der Waals surface area contributed by atoms with E-state index in [1.807, 2.05) is 18.2 Å². The molecule has 0 unspecified atom stereocenters. The molecule has 0 bridgehead atoms. The van der Waals surface area contributed by atoms with E-state index in [9.17, 15) is 9.90 Å². The van der Waals surface area contributed by atoms with E-state index in [1.165, 1.54) is 11.8 Å². The molecule has 0 fully saturated rings. The first-order valence-corrected chi connectivity index (χ1v) is 7.90. The van der Waals surface area contributed by atoms with Crippen LogP contribution in [-0.4, -0.2) is 23.8 Å². The number of hydrogen-bond donors (Lipinski definition) is 2. The first kappa shape index (κ1) is 17.0. The Balaban J connectivity index is 1.85. The van der Waals surface area contributed by atoms with Gasteiger partial charge in [0.25, 0.3) is 5.91 Å². The summed E-state index contributed by atoms with van der Waals surface area (Å²) < 4.78 is 6.25. The molecule has 23 heavy (non-hydrogen) atoms. The summed E-state index contributed by atoms with van der Waals surface area (Å²) in [6, 6.07) is 12.4. The molecule has 0 atom stereocenters. The zero-order valence-corrected chi connectivity index (χ0v) is 14.2. The molecule has 0 aliphatic heterocycles. The molecule has 5 nitrogen and oxygen atoms in total. The molecule has 6 heteroatoms. The average molecular weight is 377 g/mol. The second-order valence-corrected chi connectivity index (χ2v) is 5.61. The Morgan fingerprint density at radius 1 is 1.35 bits per heavy atom. The summed E-state index contributed by atoms with van der Waals surface area (Å²) in [4.78, 5) is 11.7. The van der Waals surface area contributed by atoms with Crippen LogP contribution in [0, 0.1) is 0 Å². The highest BCUT2D eigenvalue weighted by atomic mass is 79.9. The van der Waals surface area contributed by atoms with Crippen LogP contribution in [0.1, 0.15) is 18.1 Å². The topological polar surface area (TPSA) is 70.9 Å². The summed E-state index contributed by atoms with van der Waals surface area (Å²) in [6.07, 6.45) is 2.31. The molecular formula is C17H17BrN2O3.